The van der Waals surface area contributed by atoms with E-state index in [2.05, 4.69) is 5.32 Å². The molecule has 0 bridgehead atoms. The maximum absolute atomic E-state index is 11.6. The fourth-order valence-corrected chi connectivity index (χ4v) is 1.04. The lowest BCUT2D eigenvalue weighted by molar-refractivity contribution is -0.146. The monoisotopic (exact) mass is 225 g/mol. The molecular weight excluding hydrogens is 210 g/mol. The van der Waals surface area contributed by atoms with Gasteiger partial charge in [-0.1, -0.05) is 0 Å². The van der Waals surface area contributed by atoms with Crippen molar-refractivity contribution in [2.24, 2.45) is 5.41 Å². The Kier molecular flexibility index (Phi) is 3.37. The van der Waals surface area contributed by atoms with Crippen LogP contribution in [0.25, 0.3) is 0 Å². The fraction of sp³-hybridized carbons (Fsp3) is 0.455. The highest BCUT2D eigenvalue weighted by Crippen LogP contribution is 2.14. The Morgan fingerprint density at radius 3 is 2.56 bits per heavy atom. The molecule has 0 unspecified atom stereocenters. The summed E-state index contributed by atoms with van der Waals surface area (Å²) in [5.74, 6) is -0.634. The summed E-state index contributed by atoms with van der Waals surface area (Å²) in [5, 5.41) is 11.4. The number of carbonyl (C=O) groups is 2. The predicted octanol–water partition coefficient (Wildman–Crippen LogP) is 1.43. The van der Waals surface area contributed by atoms with Gasteiger partial charge in [0.1, 0.15) is 12.0 Å². The van der Waals surface area contributed by atoms with Crippen LogP contribution in [0.4, 0.5) is 0 Å². The van der Waals surface area contributed by atoms with Crippen LogP contribution in [0.15, 0.2) is 16.7 Å². The number of carboxylic acids is 1. The largest absolute Gasteiger partial charge is 0.481 e. The second kappa shape index (κ2) is 4.38. The Balaban J connectivity index is 2.57. The number of rotatable bonds is 4. The SMILES string of the molecule is Cc1cc(C(=O)NCC(C)(C)C(=O)O)co1. The molecule has 0 radical (unpaired) electrons. The van der Waals surface area contributed by atoms with Gasteiger partial charge in [0.2, 0.25) is 0 Å². The first-order valence-electron chi connectivity index (χ1n) is 4.89. The van der Waals surface area contributed by atoms with Crippen LogP contribution < -0.4 is 5.32 Å². The lowest BCUT2D eigenvalue weighted by atomic mass is 9.94. The van der Waals surface area contributed by atoms with E-state index in [0.717, 1.165) is 0 Å². The highest BCUT2D eigenvalue weighted by molar-refractivity contribution is 5.94. The first-order valence-corrected chi connectivity index (χ1v) is 4.89. The van der Waals surface area contributed by atoms with Crippen LogP contribution in [-0.2, 0) is 4.79 Å². The number of nitrogens with one attached hydrogen (secondary N) is 1. The van der Waals surface area contributed by atoms with Crippen LogP contribution >= 0.6 is 0 Å². The first kappa shape index (κ1) is 12.3. The fourth-order valence-electron chi connectivity index (χ4n) is 1.04. The molecule has 0 aliphatic rings. The minimum Gasteiger partial charge on any atom is -0.481 e. The lowest BCUT2D eigenvalue weighted by Gasteiger charge is -2.18. The van der Waals surface area contributed by atoms with Crippen LogP contribution in [-0.4, -0.2) is 23.5 Å². The van der Waals surface area contributed by atoms with Crippen molar-refractivity contribution in [1.29, 1.82) is 0 Å². The van der Waals surface area contributed by atoms with E-state index in [1.54, 1.807) is 26.8 Å². The van der Waals surface area contributed by atoms with Crippen LogP contribution in [0, 0.1) is 12.3 Å². The average molecular weight is 225 g/mol. The molecule has 0 atom stereocenters. The summed E-state index contributed by atoms with van der Waals surface area (Å²) in [6.45, 7) is 4.91. The van der Waals surface area contributed by atoms with Gasteiger partial charge >= 0.3 is 5.97 Å². The molecule has 0 aliphatic carbocycles. The third-order valence-corrected chi connectivity index (χ3v) is 2.26. The third kappa shape index (κ3) is 2.85. The van der Waals surface area contributed by atoms with Crippen molar-refractivity contribution in [2.75, 3.05) is 6.54 Å². The number of furan rings is 1. The Bertz CT molecular complexity index is 406. The second-order valence-corrected chi connectivity index (χ2v) is 4.32. The van der Waals surface area contributed by atoms with Crippen LogP contribution in [0.2, 0.25) is 0 Å². The molecule has 5 nitrogen and oxygen atoms in total. The number of hydrogen-bond donors (Lipinski definition) is 2. The highest BCUT2D eigenvalue weighted by atomic mass is 16.4. The number of aliphatic carboxylic acids is 1. The molecular formula is C11H15NO4. The number of aryl methyl sites for hydroxylation is 1. The Hall–Kier alpha value is -1.78. The van der Waals surface area contributed by atoms with E-state index < -0.39 is 11.4 Å². The van der Waals surface area contributed by atoms with Gasteiger partial charge in [0.05, 0.1) is 11.0 Å². The molecule has 16 heavy (non-hydrogen) atoms. The zero-order valence-electron chi connectivity index (χ0n) is 9.53. The molecule has 2 N–H and O–H groups in total. The minimum absolute atomic E-state index is 0.0748. The van der Waals surface area contributed by atoms with Gasteiger partial charge < -0.3 is 14.8 Å². The minimum atomic E-state index is -0.978. The maximum Gasteiger partial charge on any atom is 0.310 e. The summed E-state index contributed by atoms with van der Waals surface area (Å²) < 4.78 is 4.99. The summed E-state index contributed by atoms with van der Waals surface area (Å²) in [4.78, 5) is 22.4. The molecule has 0 saturated carbocycles. The van der Waals surface area contributed by atoms with E-state index in [-0.39, 0.29) is 12.5 Å². The summed E-state index contributed by atoms with van der Waals surface area (Å²) in [6, 6.07) is 1.60. The quantitative estimate of drug-likeness (QED) is 0.812. The molecule has 5 heteroatoms. The normalized spacial score (nSPS) is 11.2. The number of carboxylic acid groups (broad SMARTS) is 1. The molecule has 1 aromatic rings. The predicted molar refractivity (Wildman–Crippen MR) is 57.2 cm³/mol. The van der Waals surface area contributed by atoms with E-state index in [1.165, 1.54) is 6.26 Å². The van der Waals surface area contributed by atoms with Gasteiger partial charge in [-0.25, -0.2) is 0 Å². The average Bonchev–Trinajstić information content (AvgIpc) is 2.61. The summed E-state index contributed by atoms with van der Waals surface area (Å²) >= 11 is 0. The number of hydrogen-bond acceptors (Lipinski definition) is 3. The maximum atomic E-state index is 11.6. The second-order valence-electron chi connectivity index (χ2n) is 4.32. The van der Waals surface area contributed by atoms with Gasteiger partial charge in [-0.05, 0) is 26.8 Å². The van der Waals surface area contributed by atoms with Crippen molar-refractivity contribution >= 4 is 11.9 Å². The Labute approximate surface area is 93.4 Å². The Morgan fingerprint density at radius 1 is 1.50 bits per heavy atom. The molecule has 1 amide bonds. The molecule has 0 fully saturated rings. The number of amides is 1. The summed E-state index contributed by atoms with van der Waals surface area (Å²) in [6.07, 6.45) is 1.35. The first-order chi connectivity index (χ1) is 7.33. The molecule has 88 valence electrons. The van der Waals surface area contributed by atoms with Gasteiger partial charge in [-0.3, -0.25) is 9.59 Å². The van der Waals surface area contributed by atoms with Gasteiger partial charge in [0.15, 0.2) is 0 Å². The van der Waals surface area contributed by atoms with E-state index in [1.807, 2.05) is 0 Å². The van der Waals surface area contributed by atoms with Gasteiger partial charge in [0, 0.05) is 6.54 Å². The zero-order valence-corrected chi connectivity index (χ0v) is 9.53. The van der Waals surface area contributed by atoms with Crippen molar-refractivity contribution in [3.63, 3.8) is 0 Å². The lowest BCUT2D eigenvalue weighted by Crippen LogP contribution is -2.38. The van der Waals surface area contributed by atoms with Crippen molar-refractivity contribution in [1.82, 2.24) is 5.32 Å². The molecule has 0 spiro atoms. The molecule has 1 rings (SSSR count). The summed E-state index contributed by atoms with van der Waals surface area (Å²) in [7, 11) is 0. The van der Waals surface area contributed by atoms with Crippen LogP contribution in [0.5, 0.6) is 0 Å². The number of carbonyl (C=O) groups excluding carboxylic acids is 1. The van der Waals surface area contributed by atoms with E-state index in [9.17, 15) is 9.59 Å². The summed E-state index contributed by atoms with van der Waals surface area (Å²) in [5.41, 5.74) is -0.576. The van der Waals surface area contributed by atoms with Crippen LogP contribution in [0.1, 0.15) is 30.0 Å². The Morgan fingerprint density at radius 2 is 2.12 bits per heavy atom. The molecule has 1 aromatic heterocycles. The molecule has 0 aromatic carbocycles. The van der Waals surface area contributed by atoms with Crippen molar-refractivity contribution in [2.45, 2.75) is 20.8 Å². The zero-order chi connectivity index (χ0) is 12.3. The van der Waals surface area contributed by atoms with E-state index in [4.69, 9.17) is 9.52 Å². The molecule has 1 heterocycles. The van der Waals surface area contributed by atoms with Crippen molar-refractivity contribution in [3.05, 3.63) is 23.7 Å². The molecule has 0 saturated heterocycles. The highest BCUT2D eigenvalue weighted by Gasteiger charge is 2.27. The third-order valence-electron chi connectivity index (χ3n) is 2.26. The van der Waals surface area contributed by atoms with Crippen molar-refractivity contribution in [3.8, 4) is 0 Å². The molecule has 0 aliphatic heterocycles. The van der Waals surface area contributed by atoms with E-state index in [0.29, 0.717) is 11.3 Å². The van der Waals surface area contributed by atoms with Gasteiger partial charge in [-0.2, -0.15) is 0 Å². The topological polar surface area (TPSA) is 79.5 Å². The standard InChI is InChI=1S/C11H15NO4/c1-7-4-8(5-16-7)9(13)12-6-11(2,3)10(14)15/h4-5H,6H2,1-3H3,(H,12,13)(H,14,15). The van der Waals surface area contributed by atoms with Crippen LogP contribution in [0.3, 0.4) is 0 Å². The smallest absolute Gasteiger partial charge is 0.310 e. The van der Waals surface area contributed by atoms with E-state index >= 15 is 0 Å². The van der Waals surface area contributed by atoms with Gasteiger partial charge in [-0.15, -0.1) is 0 Å². The van der Waals surface area contributed by atoms with Crippen molar-refractivity contribution < 1.29 is 19.1 Å². The van der Waals surface area contributed by atoms with Gasteiger partial charge in [0.25, 0.3) is 5.91 Å².